The molecule has 0 radical (unpaired) electrons. The maximum absolute atomic E-state index is 12.6. The second-order valence-electron chi connectivity index (χ2n) is 6.26. The molecular weight excluding hydrogens is 389 g/mol. The number of H-pyrrole nitrogens is 1. The molecule has 2 amide bonds. The van der Waals surface area contributed by atoms with Crippen LogP contribution in [0.3, 0.4) is 0 Å². The summed E-state index contributed by atoms with van der Waals surface area (Å²) in [6.07, 6.45) is 5.98. The number of aromatic nitrogens is 1. The first-order valence-electron chi connectivity index (χ1n) is 8.22. The Balaban J connectivity index is 1.84. The molecule has 1 heterocycles. The third-order valence-electron chi connectivity index (χ3n) is 4.55. The summed E-state index contributed by atoms with van der Waals surface area (Å²) in [5.41, 5.74) is 0.536. The maximum atomic E-state index is 12.6. The van der Waals surface area contributed by atoms with Gasteiger partial charge in [0.05, 0.1) is 17.1 Å². The molecular formula is C19H17Cl2N3O3. The molecule has 0 saturated carbocycles. The molecule has 0 saturated heterocycles. The van der Waals surface area contributed by atoms with Crippen molar-refractivity contribution in [3.05, 3.63) is 68.6 Å². The fourth-order valence-corrected chi connectivity index (χ4v) is 3.26. The summed E-state index contributed by atoms with van der Waals surface area (Å²) in [5, 5.41) is 4.50. The minimum Gasteiger partial charge on any atom is -0.328 e. The van der Waals surface area contributed by atoms with Crippen LogP contribution in [0.15, 0.2) is 52.5 Å². The van der Waals surface area contributed by atoms with Crippen LogP contribution < -0.4 is 10.9 Å². The number of urea groups is 1. The number of allylic oxidation sites excluding steroid dienone is 2. The van der Waals surface area contributed by atoms with E-state index in [1.165, 1.54) is 17.1 Å². The first-order chi connectivity index (χ1) is 12.8. The van der Waals surface area contributed by atoms with E-state index in [9.17, 15) is 14.4 Å². The Hall–Kier alpha value is -2.57. The maximum Gasteiger partial charge on any atom is 0.318 e. The lowest BCUT2D eigenvalue weighted by Crippen LogP contribution is -2.43. The van der Waals surface area contributed by atoms with E-state index in [1.807, 2.05) is 6.92 Å². The van der Waals surface area contributed by atoms with E-state index in [0.29, 0.717) is 10.4 Å². The van der Waals surface area contributed by atoms with Gasteiger partial charge in [-0.1, -0.05) is 35.3 Å². The summed E-state index contributed by atoms with van der Waals surface area (Å²) in [4.78, 5) is 40.2. The second-order valence-corrected chi connectivity index (χ2v) is 7.11. The van der Waals surface area contributed by atoms with Crippen LogP contribution in [0, 0.1) is 0 Å². The first-order valence-corrected chi connectivity index (χ1v) is 8.97. The number of halogens is 2. The molecule has 1 aliphatic carbocycles. The molecule has 2 aromatic rings. The molecule has 0 bridgehead atoms. The molecule has 2 unspecified atom stereocenters. The highest BCUT2D eigenvalue weighted by Crippen LogP contribution is 2.27. The minimum absolute atomic E-state index is 0.0713. The molecule has 140 valence electrons. The van der Waals surface area contributed by atoms with Gasteiger partial charge in [0.2, 0.25) is 0 Å². The van der Waals surface area contributed by atoms with Gasteiger partial charge in [-0.15, -0.1) is 0 Å². The Labute approximate surface area is 165 Å². The number of hydrogen-bond donors (Lipinski definition) is 2. The molecule has 3 rings (SSSR count). The zero-order valence-electron chi connectivity index (χ0n) is 14.6. The van der Waals surface area contributed by atoms with Gasteiger partial charge in [-0.3, -0.25) is 9.59 Å². The lowest BCUT2D eigenvalue weighted by Gasteiger charge is -2.28. The average Bonchev–Trinajstić information content (AvgIpc) is 2.64. The predicted molar refractivity (Wildman–Crippen MR) is 106 cm³/mol. The van der Waals surface area contributed by atoms with Crippen molar-refractivity contribution in [1.29, 1.82) is 0 Å². The summed E-state index contributed by atoms with van der Waals surface area (Å²) in [6, 6.07) is 3.92. The molecule has 0 aliphatic heterocycles. The monoisotopic (exact) mass is 405 g/mol. The van der Waals surface area contributed by atoms with Crippen LogP contribution in [-0.2, 0) is 4.79 Å². The van der Waals surface area contributed by atoms with Crippen molar-refractivity contribution in [1.82, 2.24) is 15.2 Å². The molecule has 27 heavy (non-hydrogen) atoms. The third-order valence-corrected chi connectivity index (χ3v) is 5.10. The van der Waals surface area contributed by atoms with Gasteiger partial charge >= 0.3 is 6.03 Å². The van der Waals surface area contributed by atoms with Crippen LogP contribution in [0.4, 0.5) is 4.79 Å². The summed E-state index contributed by atoms with van der Waals surface area (Å²) in [6.45, 7) is 1.85. The lowest BCUT2D eigenvalue weighted by molar-refractivity contribution is -0.110. The van der Waals surface area contributed by atoms with E-state index in [1.54, 1.807) is 37.5 Å². The fourth-order valence-electron chi connectivity index (χ4n) is 2.89. The molecule has 0 spiro atoms. The van der Waals surface area contributed by atoms with Crippen molar-refractivity contribution in [2.24, 2.45) is 0 Å². The second kappa shape index (κ2) is 7.58. The molecule has 8 heteroatoms. The normalized spacial score (nSPS) is 17.6. The number of pyridine rings is 1. The van der Waals surface area contributed by atoms with E-state index in [-0.39, 0.29) is 28.4 Å². The number of fused-ring (bicyclic) bond motifs is 1. The van der Waals surface area contributed by atoms with Crippen molar-refractivity contribution >= 4 is 45.8 Å². The first kappa shape index (κ1) is 19.2. The van der Waals surface area contributed by atoms with Crippen molar-refractivity contribution in [3.8, 4) is 0 Å². The zero-order valence-corrected chi connectivity index (χ0v) is 16.1. The number of amides is 2. The Morgan fingerprint density at radius 3 is 2.70 bits per heavy atom. The Bertz CT molecular complexity index is 1040. The fraction of sp³-hybridized carbons (Fsp3) is 0.211. The number of carbonyl (C=O) groups excluding carboxylic acids is 2. The van der Waals surface area contributed by atoms with Crippen molar-refractivity contribution < 1.29 is 9.59 Å². The quantitative estimate of drug-likeness (QED) is 0.819. The number of carbonyl (C=O) groups is 2. The molecule has 6 nitrogen and oxygen atoms in total. The SMILES string of the molecule is CC(c1c[nH]c(=O)c2cc(Cl)ccc12)N(C)C(=O)NC1C=CC(=O)C(Cl)=C1. The van der Waals surface area contributed by atoms with Gasteiger partial charge in [-0.2, -0.15) is 0 Å². The van der Waals surface area contributed by atoms with Gasteiger partial charge < -0.3 is 15.2 Å². The highest BCUT2D eigenvalue weighted by atomic mass is 35.5. The zero-order chi connectivity index (χ0) is 19.7. The van der Waals surface area contributed by atoms with E-state index in [2.05, 4.69) is 10.3 Å². The number of ketones is 1. The van der Waals surface area contributed by atoms with E-state index < -0.39 is 6.04 Å². The van der Waals surface area contributed by atoms with E-state index >= 15 is 0 Å². The van der Waals surface area contributed by atoms with Gasteiger partial charge in [0.1, 0.15) is 0 Å². The number of hydrogen-bond acceptors (Lipinski definition) is 3. The van der Waals surface area contributed by atoms with Crippen molar-refractivity contribution in [2.75, 3.05) is 7.05 Å². The van der Waals surface area contributed by atoms with Crippen LogP contribution >= 0.6 is 23.2 Å². The molecule has 2 atom stereocenters. The van der Waals surface area contributed by atoms with Crippen molar-refractivity contribution in [3.63, 3.8) is 0 Å². The highest BCUT2D eigenvalue weighted by Gasteiger charge is 2.22. The van der Waals surface area contributed by atoms with Crippen LogP contribution in [0.2, 0.25) is 5.02 Å². The Kier molecular flexibility index (Phi) is 5.39. The topological polar surface area (TPSA) is 82.3 Å². The van der Waals surface area contributed by atoms with Crippen LogP contribution in [-0.4, -0.2) is 34.8 Å². The average molecular weight is 406 g/mol. The number of rotatable bonds is 3. The van der Waals surface area contributed by atoms with E-state index in [4.69, 9.17) is 23.2 Å². The molecule has 1 aromatic heterocycles. The summed E-state index contributed by atoms with van der Waals surface area (Å²) in [5.74, 6) is -0.290. The Morgan fingerprint density at radius 1 is 1.26 bits per heavy atom. The molecule has 1 aliphatic rings. The molecule has 1 aromatic carbocycles. The lowest BCUT2D eigenvalue weighted by atomic mass is 10.0. The van der Waals surface area contributed by atoms with Gasteiger partial charge in [-0.05, 0) is 42.2 Å². The number of nitrogens with zero attached hydrogens (tertiary/aromatic N) is 1. The van der Waals surface area contributed by atoms with Crippen LogP contribution in [0.25, 0.3) is 10.8 Å². The van der Waals surface area contributed by atoms with E-state index in [0.717, 1.165) is 10.9 Å². The Morgan fingerprint density at radius 2 is 2.00 bits per heavy atom. The summed E-state index contributed by atoms with van der Waals surface area (Å²) in [7, 11) is 1.65. The third kappa shape index (κ3) is 3.91. The largest absolute Gasteiger partial charge is 0.328 e. The van der Waals surface area contributed by atoms with Crippen LogP contribution in [0.1, 0.15) is 18.5 Å². The number of aromatic amines is 1. The highest BCUT2D eigenvalue weighted by molar-refractivity contribution is 6.44. The molecule has 2 N–H and O–H groups in total. The van der Waals surface area contributed by atoms with Gasteiger partial charge in [0, 0.05) is 23.7 Å². The van der Waals surface area contributed by atoms with Crippen LogP contribution in [0.5, 0.6) is 0 Å². The molecule has 0 fully saturated rings. The smallest absolute Gasteiger partial charge is 0.318 e. The minimum atomic E-state index is -0.469. The predicted octanol–water partition coefficient (Wildman–Crippen LogP) is 3.51. The van der Waals surface area contributed by atoms with Crippen molar-refractivity contribution in [2.45, 2.75) is 19.0 Å². The van der Waals surface area contributed by atoms with Gasteiger partial charge in [0.15, 0.2) is 5.78 Å². The summed E-state index contributed by atoms with van der Waals surface area (Å²) < 4.78 is 0. The number of nitrogens with one attached hydrogen (secondary N) is 2. The summed E-state index contributed by atoms with van der Waals surface area (Å²) >= 11 is 11.8. The van der Waals surface area contributed by atoms with Gasteiger partial charge in [0.25, 0.3) is 5.56 Å². The van der Waals surface area contributed by atoms with Gasteiger partial charge in [-0.25, -0.2) is 4.79 Å². The standard InChI is InChI=1S/C19H17Cl2N3O3/c1-10(15-9-22-18(26)14-7-11(20)3-5-13(14)15)24(2)19(27)23-12-4-6-17(25)16(21)8-12/h3-10,12H,1-2H3,(H,22,26)(H,23,27). The number of benzene rings is 1.